The van der Waals surface area contributed by atoms with E-state index < -0.39 is 0 Å². The van der Waals surface area contributed by atoms with Gasteiger partial charge in [0.05, 0.1) is 6.10 Å². The third-order valence-corrected chi connectivity index (χ3v) is 4.00. The summed E-state index contributed by atoms with van der Waals surface area (Å²) in [5, 5.41) is 13.8. The standard InChI is InChI=1S/C14H22N2OS/c1-10(2)18-16-12-5-3-4-11(8-12)13-6-7-15-9-14(13)17/h3-5,8,10,13-17H,6-7,9H2,1-2H3. The van der Waals surface area contributed by atoms with Gasteiger partial charge in [-0.05, 0) is 42.6 Å². The van der Waals surface area contributed by atoms with Crippen LogP contribution in [-0.4, -0.2) is 29.5 Å². The summed E-state index contributed by atoms with van der Waals surface area (Å²) in [4.78, 5) is 0. The van der Waals surface area contributed by atoms with Gasteiger partial charge in [-0.25, -0.2) is 0 Å². The molecule has 1 aromatic rings. The number of nitrogens with one attached hydrogen (secondary N) is 2. The molecule has 3 N–H and O–H groups in total. The summed E-state index contributed by atoms with van der Waals surface area (Å²) in [5.41, 5.74) is 2.36. The van der Waals surface area contributed by atoms with Crippen LogP contribution in [0.5, 0.6) is 0 Å². The summed E-state index contributed by atoms with van der Waals surface area (Å²) in [6.45, 7) is 6.01. The number of aliphatic hydroxyl groups excluding tert-OH is 1. The van der Waals surface area contributed by atoms with Gasteiger partial charge in [-0.15, -0.1) is 0 Å². The average Bonchev–Trinajstić information content (AvgIpc) is 2.37. The average molecular weight is 266 g/mol. The highest BCUT2D eigenvalue weighted by molar-refractivity contribution is 8.01. The van der Waals surface area contributed by atoms with Crippen molar-refractivity contribution in [1.29, 1.82) is 0 Å². The molecule has 0 aromatic heterocycles. The van der Waals surface area contributed by atoms with Gasteiger partial charge in [0.25, 0.3) is 0 Å². The number of benzene rings is 1. The first-order valence-electron chi connectivity index (χ1n) is 6.57. The molecule has 2 rings (SSSR count). The van der Waals surface area contributed by atoms with Crippen LogP contribution in [0.25, 0.3) is 0 Å². The van der Waals surface area contributed by atoms with Gasteiger partial charge in [0.15, 0.2) is 0 Å². The largest absolute Gasteiger partial charge is 0.391 e. The second kappa shape index (κ2) is 6.45. The Morgan fingerprint density at radius 2 is 2.28 bits per heavy atom. The Kier molecular flexibility index (Phi) is 4.92. The third-order valence-electron chi connectivity index (χ3n) is 3.18. The molecule has 1 heterocycles. The van der Waals surface area contributed by atoms with Crippen LogP contribution in [-0.2, 0) is 0 Å². The van der Waals surface area contributed by atoms with Crippen LogP contribution in [0.4, 0.5) is 5.69 Å². The minimum Gasteiger partial charge on any atom is -0.391 e. The molecule has 0 aliphatic carbocycles. The van der Waals surface area contributed by atoms with Crippen molar-refractivity contribution in [3.63, 3.8) is 0 Å². The minimum absolute atomic E-state index is 0.261. The highest BCUT2D eigenvalue weighted by Crippen LogP contribution is 2.28. The number of rotatable bonds is 4. The monoisotopic (exact) mass is 266 g/mol. The van der Waals surface area contributed by atoms with Crippen molar-refractivity contribution in [1.82, 2.24) is 5.32 Å². The van der Waals surface area contributed by atoms with Gasteiger partial charge in [0, 0.05) is 23.4 Å². The first kappa shape index (κ1) is 13.7. The van der Waals surface area contributed by atoms with Crippen molar-refractivity contribution < 1.29 is 5.11 Å². The number of β-amino-alcohol motifs (C(OH)–C–C–N with tert-alkyl or cyclic N) is 1. The van der Waals surface area contributed by atoms with Gasteiger partial charge in [-0.1, -0.05) is 26.0 Å². The molecule has 3 nitrogen and oxygen atoms in total. The van der Waals surface area contributed by atoms with Gasteiger partial charge in [0.1, 0.15) is 0 Å². The van der Waals surface area contributed by atoms with Gasteiger partial charge in [-0.2, -0.15) is 0 Å². The van der Waals surface area contributed by atoms with Crippen LogP contribution in [0.3, 0.4) is 0 Å². The number of hydrogen-bond acceptors (Lipinski definition) is 4. The van der Waals surface area contributed by atoms with Crippen molar-refractivity contribution >= 4 is 17.6 Å². The zero-order chi connectivity index (χ0) is 13.0. The van der Waals surface area contributed by atoms with E-state index in [1.165, 1.54) is 5.56 Å². The molecule has 0 amide bonds. The number of hydrogen-bond donors (Lipinski definition) is 3. The zero-order valence-corrected chi connectivity index (χ0v) is 11.8. The maximum atomic E-state index is 10.0. The lowest BCUT2D eigenvalue weighted by atomic mass is 9.88. The maximum absolute atomic E-state index is 10.0. The Bertz CT molecular complexity index is 384. The maximum Gasteiger partial charge on any atom is 0.0733 e. The fraction of sp³-hybridized carbons (Fsp3) is 0.571. The van der Waals surface area contributed by atoms with Crippen molar-refractivity contribution in [2.24, 2.45) is 0 Å². The van der Waals surface area contributed by atoms with E-state index in [4.69, 9.17) is 0 Å². The molecule has 0 spiro atoms. The molecular formula is C14H22N2OS. The highest BCUT2D eigenvalue weighted by Gasteiger charge is 2.24. The van der Waals surface area contributed by atoms with Crippen LogP contribution in [0.15, 0.2) is 24.3 Å². The lowest BCUT2D eigenvalue weighted by Crippen LogP contribution is -2.39. The second-order valence-electron chi connectivity index (χ2n) is 5.06. The van der Waals surface area contributed by atoms with Crippen molar-refractivity contribution in [2.45, 2.75) is 37.5 Å². The molecule has 1 saturated heterocycles. The van der Waals surface area contributed by atoms with E-state index >= 15 is 0 Å². The predicted molar refractivity (Wildman–Crippen MR) is 79.0 cm³/mol. The van der Waals surface area contributed by atoms with Gasteiger partial charge in [0.2, 0.25) is 0 Å². The smallest absolute Gasteiger partial charge is 0.0733 e. The summed E-state index contributed by atoms with van der Waals surface area (Å²) in [5.74, 6) is 0.261. The number of aliphatic hydroxyl groups is 1. The van der Waals surface area contributed by atoms with Crippen molar-refractivity contribution in [2.75, 3.05) is 17.8 Å². The Morgan fingerprint density at radius 1 is 1.44 bits per heavy atom. The molecule has 18 heavy (non-hydrogen) atoms. The zero-order valence-electron chi connectivity index (χ0n) is 11.0. The van der Waals surface area contributed by atoms with Crippen LogP contribution in [0.2, 0.25) is 0 Å². The van der Waals surface area contributed by atoms with E-state index in [1.54, 1.807) is 11.9 Å². The summed E-state index contributed by atoms with van der Waals surface area (Å²) in [6, 6.07) is 8.42. The van der Waals surface area contributed by atoms with Gasteiger partial charge >= 0.3 is 0 Å². The molecule has 1 aliphatic rings. The van der Waals surface area contributed by atoms with Crippen LogP contribution >= 0.6 is 11.9 Å². The predicted octanol–water partition coefficient (Wildman–Crippen LogP) is 2.59. The number of anilines is 1. The molecule has 4 heteroatoms. The Morgan fingerprint density at radius 3 is 3.00 bits per heavy atom. The third kappa shape index (κ3) is 3.64. The molecule has 100 valence electrons. The first-order chi connectivity index (χ1) is 8.66. The Hall–Kier alpha value is -0.710. The molecule has 1 fully saturated rings. The fourth-order valence-electron chi connectivity index (χ4n) is 2.25. The normalized spacial score (nSPS) is 24.2. The topological polar surface area (TPSA) is 44.3 Å². The van der Waals surface area contributed by atoms with E-state index in [1.807, 2.05) is 0 Å². The summed E-state index contributed by atoms with van der Waals surface area (Å²) >= 11 is 1.72. The summed E-state index contributed by atoms with van der Waals surface area (Å²) in [7, 11) is 0. The van der Waals surface area contributed by atoms with E-state index in [2.05, 4.69) is 48.2 Å². The minimum atomic E-state index is -0.272. The summed E-state index contributed by atoms with van der Waals surface area (Å²) in [6.07, 6.45) is 0.730. The van der Waals surface area contributed by atoms with E-state index in [0.29, 0.717) is 11.8 Å². The molecule has 2 atom stereocenters. The van der Waals surface area contributed by atoms with Gasteiger partial charge < -0.3 is 15.1 Å². The number of piperidine rings is 1. The first-order valence-corrected chi connectivity index (χ1v) is 7.45. The van der Waals surface area contributed by atoms with Crippen LogP contribution in [0.1, 0.15) is 31.7 Å². The van der Waals surface area contributed by atoms with Crippen LogP contribution in [0, 0.1) is 0 Å². The molecule has 0 saturated carbocycles. The van der Waals surface area contributed by atoms with E-state index in [-0.39, 0.29) is 12.0 Å². The molecule has 0 bridgehead atoms. The molecule has 1 aromatic carbocycles. The second-order valence-corrected chi connectivity index (χ2v) is 6.44. The van der Waals surface area contributed by atoms with Crippen LogP contribution < -0.4 is 10.0 Å². The quantitative estimate of drug-likeness (QED) is 0.733. The van der Waals surface area contributed by atoms with Crippen molar-refractivity contribution in [3.8, 4) is 0 Å². The van der Waals surface area contributed by atoms with E-state index in [0.717, 1.165) is 18.7 Å². The lowest BCUT2D eigenvalue weighted by Gasteiger charge is -2.29. The van der Waals surface area contributed by atoms with E-state index in [9.17, 15) is 5.11 Å². The SMILES string of the molecule is CC(C)SNc1cccc(C2CCNCC2O)c1. The lowest BCUT2D eigenvalue weighted by molar-refractivity contribution is 0.118. The molecule has 2 unspecified atom stereocenters. The molecule has 1 aliphatic heterocycles. The van der Waals surface area contributed by atoms with Gasteiger partial charge in [-0.3, -0.25) is 0 Å². The summed E-state index contributed by atoms with van der Waals surface area (Å²) < 4.78 is 3.36. The Labute approximate surface area is 113 Å². The highest BCUT2D eigenvalue weighted by atomic mass is 32.2. The molecular weight excluding hydrogens is 244 g/mol. The fourth-order valence-corrected chi connectivity index (χ4v) is 2.75. The molecule has 0 radical (unpaired) electrons. The van der Waals surface area contributed by atoms with Crippen molar-refractivity contribution in [3.05, 3.63) is 29.8 Å². The Balaban J connectivity index is 2.06.